The monoisotopic (exact) mass is 275 g/mol. The van der Waals surface area contributed by atoms with Gasteiger partial charge in [-0.15, -0.1) is 0 Å². The van der Waals surface area contributed by atoms with Gasteiger partial charge in [0, 0.05) is 12.1 Å². The van der Waals surface area contributed by atoms with Crippen LogP contribution in [0.5, 0.6) is 0 Å². The van der Waals surface area contributed by atoms with Gasteiger partial charge < -0.3 is 10.4 Å². The van der Waals surface area contributed by atoms with Crippen molar-refractivity contribution in [2.24, 2.45) is 0 Å². The summed E-state index contributed by atoms with van der Waals surface area (Å²) in [6, 6.07) is 9.75. The van der Waals surface area contributed by atoms with Crippen LogP contribution in [0.1, 0.15) is 70.5 Å². The highest BCUT2D eigenvalue weighted by atomic mass is 16.3. The molecule has 1 aromatic carbocycles. The fourth-order valence-electron chi connectivity index (χ4n) is 3.04. The first-order valence-electron chi connectivity index (χ1n) is 7.91. The molecule has 0 spiro atoms. The van der Waals surface area contributed by atoms with Crippen molar-refractivity contribution in [1.82, 2.24) is 5.32 Å². The van der Waals surface area contributed by atoms with E-state index in [1.165, 1.54) is 17.5 Å². The van der Waals surface area contributed by atoms with Gasteiger partial charge in [-0.2, -0.15) is 0 Å². The molecule has 1 saturated carbocycles. The molecule has 0 heterocycles. The fraction of sp³-hybridized carbons (Fsp3) is 0.667. The molecule has 0 aliphatic heterocycles. The Hall–Kier alpha value is -0.860. The van der Waals surface area contributed by atoms with Gasteiger partial charge in [-0.3, -0.25) is 0 Å². The Morgan fingerprint density at radius 2 is 1.80 bits per heavy atom. The van der Waals surface area contributed by atoms with Crippen molar-refractivity contribution in [2.75, 3.05) is 0 Å². The molecule has 112 valence electrons. The summed E-state index contributed by atoms with van der Waals surface area (Å²) in [6.45, 7) is 8.94. The van der Waals surface area contributed by atoms with Crippen LogP contribution in [0.25, 0.3) is 0 Å². The first kappa shape index (κ1) is 15.5. The highest BCUT2D eigenvalue weighted by Gasteiger charge is 2.22. The second kappa shape index (κ2) is 6.28. The Labute approximate surface area is 123 Å². The number of nitrogens with one attached hydrogen (secondary N) is 1. The molecule has 0 aromatic heterocycles. The van der Waals surface area contributed by atoms with Crippen molar-refractivity contribution in [1.29, 1.82) is 0 Å². The molecule has 1 aliphatic rings. The zero-order chi connectivity index (χ0) is 14.8. The molecule has 1 fully saturated rings. The normalized spacial score (nSPS) is 25.4. The summed E-state index contributed by atoms with van der Waals surface area (Å²) in [5.74, 6) is 0. The van der Waals surface area contributed by atoms with Crippen LogP contribution in [0, 0.1) is 0 Å². The highest BCUT2D eigenvalue weighted by Crippen LogP contribution is 2.25. The maximum absolute atomic E-state index is 9.75. The quantitative estimate of drug-likeness (QED) is 0.876. The molecule has 0 saturated heterocycles. The minimum atomic E-state index is -0.114. The SMILES string of the molecule is CC(NC1CCCC(O)C1)c1ccc(C(C)(C)C)cc1. The minimum absolute atomic E-state index is 0.114. The molecule has 0 bridgehead atoms. The zero-order valence-electron chi connectivity index (χ0n) is 13.3. The van der Waals surface area contributed by atoms with E-state index >= 15 is 0 Å². The molecule has 20 heavy (non-hydrogen) atoms. The number of benzene rings is 1. The summed E-state index contributed by atoms with van der Waals surface area (Å²) in [4.78, 5) is 0. The molecule has 1 aromatic rings. The minimum Gasteiger partial charge on any atom is -0.393 e. The van der Waals surface area contributed by atoms with E-state index in [1.807, 2.05) is 0 Å². The molecule has 1 aliphatic carbocycles. The summed E-state index contributed by atoms with van der Waals surface area (Å²) in [5, 5.41) is 13.4. The molecule has 2 N–H and O–H groups in total. The largest absolute Gasteiger partial charge is 0.393 e. The first-order chi connectivity index (χ1) is 9.36. The molecule has 0 radical (unpaired) electrons. The standard InChI is InChI=1S/C18H29NO/c1-13(19-16-6-5-7-17(20)12-16)14-8-10-15(11-9-14)18(2,3)4/h8-11,13,16-17,19-20H,5-7,12H2,1-4H3. The van der Waals surface area contributed by atoms with Crippen molar-refractivity contribution in [3.05, 3.63) is 35.4 Å². The third kappa shape index (κ3) is 4.07. The van der Waals surface area contributed by atoms with Crippen LogP contribution < -0.4 is 5.32 Å². The highest BCUT2D eigenvalue weighted by molar-refractivity contribution is 5.29. The van der Waals surface area contributed by atoms with Crippen LogP contribution in [0.4, 0.5) is 0 Å². The molecule has 2 nitrogen and oxygen atoms in total. The van der Waals surface area contributed by atoms with Gasteiger partial charge in [-0.05, 0) is 49.1 Å². The predicted octanol–water partition coefficient (Wildman–Crippen LogP) is 3.94. The van der Waals surface area contributed by atoms with Crippen LogP contribution in [0.15, 0.2) is 24.3 Å². The number of aliphatic hydroxyl groups excluding tert-OH is 1. The molecule has 2 heteroatoms. The van der Waals surface area contributed by atoms with E-state index in [2.05, 4.69) is 57.3 Å². The number of hydrogen-bond acceptors (Lipinski definition) is 2. The van der Waals surface area contributed by atoms with Crippen LogP contribution in [-0.2, 0) is 5.41 Å². The average molecular weight is 275 g/mol. The lowest BCUT2D eigenvalue weighted by atomic mass is 9.86. The lowest BCUT2D eigenvalue weighted by Crippen LogP contribution is -2.37. The lowest BCUT2D eigenvalue weighted by molar-refractivity contribution is 0.109. The summed E-state index contributed by atoms with van der Waals surface area (Å²) < 4.78 is 0. The third-order valence-electron chi connectivity index (χ3n) is 4.41. The van der Waals surface area contributed by atoms with E-state index in [4.69, 9.17) is 0 Å². The van der Waals surface area contributed by atoms with Gasteiger partial charge in [0.1, 0.15) is 0 Å². The van der Waals surface area contributed by atoms with E-state index in [-0.39, 0.29) is 11.5 Å². The number of aliphatic hydroxyl groups is 1. The van der Waals surface area contributed by atoms with E-state index in [1.54, 1.807) is 0 Å². The van der Waals surface area contributed by atoms with E-state index in [9.17, 15) is 5.11 Å². The van der Waals surface area contributed by atoms with Gasteiger partial charge in [0.15, 0.2) is 0 Å². The van der Waals surface area contributed by atoms with Gasteiger partial charge in [0.05, 0.1) is 6.10 Å². The summed E-state index contributed by atoms with van der Waals surface area (Å²) in [5.41, 5.74) is 2.92. The Morgan fingerprint density at radius 1 is 1.15 bits per heavy atom. The molecular weight excluding hydrogens is 246 g/mol. The van der Waals surface area contributed by atoms with Crippen LogP contribution in [0.3, 0.4) is 0 Å². The summed E-state index contributed by atoms with van der Waals surface area (Å²) in [7, 11) is 0. The van der Waals surface area contributed by atoms with Gasteiger partial charge in [-0.25, -0.2) is 0 Å². The third-order valence-corrected chi connectivity index (χ3v) is 4.41. The molecular formula is C18H29NO. The molecule has 0 amide bonds. The molecule has 2 rings (SSSR count). The second-order valence-corrected chi connectivity index (χ2v) is 7.28. The molecule has 3 unspecified atom stereocenters. The van der Waals surface area contributed by atoms with Crippen LogP contribution in [0.2, 0.25) is 0 Å². The topological polar surface area (TPSA) is 32.3 Å². The Kier molecular flexibility index (Phi) is 4.87. The Bertz CT molecular complexity index is 418. The van der Waals surface area contributed by atoms with Gasteiger partial charge in [-0.1, -0.05) is 45.0 Å². The average Bonchev–Trinajstić information content (AvgIpc) is 2.38. The molecule has 3 atom stereocenters. The van der Waals surface area contributed by atoms with Crippen molar-refractivity contribution in [2.45, 2.75) is 77.0 Å². The van der Waals surface area contributed by atoms with E-state index < -0.39 is 0 Å². The van der Waals surface area contributed by atoms with Crippen LogP contribution >= 0.6 is 0 Å². The van der Waals surface area contributed by atoms with Gasteiger partial charge in [0.2, 0.25) is 0 Å². The zero-order valence-corrected chi connectivity index (χ0v) is 13.3. The van der Waals surface area contributed by atoms with Crippen molar-refractivity contribution < 1.29 is 5.11 Å². The van der Waals surface area contributed by atoms with Crippen molar-refractivity contribution in [3.63, 3.8) is 0 Å². The fourth-order valence-corrected chi connectivity index (χ4v) is 3.04. The predicted molar refractivity (Wildman–Crippen MR) is 85.0 cm³/mol. The summed E-state index contributed by atoms with van der Waals surface area (Å²) in [6.07, 6.45) is 4.06. The van der Waals surface area contributed by atoms with Crippen molar-refractivity contribution >= 4 is 0 Å². The van der Waals surface area contributed by atoms with Gasteiger partial charge in [0.25, 0.3) is 0 Å². The summed E-state index contributed by atoms with van der Waals surface area (Å²) >= 11 is 0. The Morgan fingerprint density at radius 3 is 2.35 bits per heavy atom. The first-order valence-corrected chi connectivity index (χ1v) is 7.91. The second-order valence-electron chi connectivity index (χ2n) is 7.28. The maximum Gasteiger partial charge on any atom is 0.0555 e. The smallest absolute Gasteiger partial charge is 0.0555 e. The van der Waals surface area contributed by atoms with Gasteiger partial charge >= 0.3 is 0 Å². The van der Waals surface area contributed by atoms with E-state index in [0.29, 0.717) is 12.1 Å². The van der Waals surface area contributed by atoms with Crippen molar-refractivity contribution in [3.8, 4) is 0 Å². The lowest BCUT2D eigenvalue weighted by Gasteiger charge is -2.30. The van der Waals surface area contributed by atoms with E-state index in [0.717, 1.165) is 19.3 Å². The maximum atomic E-state index is 9.75. The number of rotatable bonds is 3. The number of hydrogen-bond donors (Lipinski definition) is 2. The Balaban J connectivity index is 1.97. The van der Waals surface area contributed by atoms with Crippen LogP contribution in [-0.4, -0.2) is 17.3 Å².